The van der Waals surface area contributed by atoms with Crippen LogP contribution in [0.3, 0.4) is 0 Å². The van der Waals surface area contributed by atoms with Gasteiger partial charge in [0.25, 0.3) is 10.0 Å². The van der Waals surface area contributed by atoms with Crippen LogP contribution in [-0.4, -0.2) is 29.7 Å². The van der Waals surface area contributed by atoms with Gasteiger partial charge in [-0.2, -0.15) is 5.10 Å². The van der Waals surface area contributed by atoms with E-state index >= 15 is 0 Å². The van der Waals surface area contributed by atoms with Crippen LogP contribution in [0.5, 0.6) is 0 Å². The Morgan fingerprint density at radius 1 is 1.33 bits per heavy atom. The normalized spacial score (nSPS) is 11.4. The summed E-state index contributed by atoms with van der Waals surface area (Å²) in [7, 11) is -3.92. The average molecular weight is 374 g/mol. The molecule has 0 saturated heterocycles. The number of anilines is 1. The molecule has 1 aromatic heterocycles. The second-order valence-electron chi connectivity index (χ2n) is 4.42. The predicted molar refractivity (Wildman–Crippen MR) is 80.0 cm³/mol. The van der Waals surface area contributed by atoms with Gasteiger partial charge in [0, 0.05) is 16.2 Å². The molecule has 3 N–H and O–H groups in total. The molecular weight excluding hydrogens is 362 g/mol. The Morgan fingerprint density at radius 2 is 2.00 bits per heavy atom. The minimum Gasteiger partial charge on any atom is -0.478 e. The summed E-state index contributed by atoms with van der Waals surface area (Å²) >= 11 is 3.17. The van der Waals surface area contributed by atoms with E-state index in [0.717, 1.165) is 6.07 Å². The molecule has 0 saturated carbocycles. The van der Waals surface area contributed by atoms with E-state index in [1.54, 1.807) is 13.8 Å². The number of nitrogens with one attached hydrogen (secondary N) is 2. The highest BCUT2D eigenvalue weighted by molar-refractivity contribution is 9.10. The molecule has 2 rings (SSSR count). The van der Waals surface area contributed by atoms with Crippen molar-refractivity contribution in [1.82, 2.24) is 10.2 Å². The number of benzene rings is 1. The van der Waals surface area contributed by atoms with Crippen LogP contribution in [0.2, 0.25) is 0 Å². The summed E-state index contributed by atoms with van der Waals surface area (Å²) in [6, 6.07) is 3.99. The minimum atomic E-state index is -3.92. The number of aryl methyl sites for hydroxylation is 1. The summed E-state index contributed by atoms with van der Waals surface area (Å²) in [6.07, 6.45) is 0. The number of nitrogens with zero attached hydrogens (tertiary/aromatic N) is 1. The zero-order valence-corrected chi connectivity index (χ0v) is 13.5. The van der Waals surface area contributed by atoms with Gasteiger partial charge in [-0.05, 0) is 31.5 Å². The SMILES string of the molecule is Cc1cc(NS(=O)(=O)c2cc(Br)c(C)c(C(=O)O)c2)n[nH]1. The van der Waals surface area contributed by atoms with Crippen LogP contribution in [0.25, 0.3) is 0 Å². The smallest absolute Gasteiger partial charge is 0.336 e. The maximum absolute atomic E-state index is 12.3. The Hall–Kier alpha value is -1.87. The quantitative estimate of drug-likeness (QED) is 0.760. The molecule has 112 valence electrons. The fourth-order valence-corrected chi connectivity index (χ4v) is 3.35. The highest BCUT2D eigenvalue weighted by Crippen LogP contribution is 2.26. The van der Waals surface area contributed by atoms with Crippen LogP contribution in [0.4, 0.5) is 5.82 Å². The molecule has 21 heavy (non-hydrogen) atoms. The van der Waals surface area contributed by atoms with E-state index in [4.69, 9.17) is 5.11 Å². The summed E-state index contributed by atoms with van der Waals surface area (Å²) < 4.78 is 27.2. The fourth-order valence-electron chi connectivity index (χ4n) is 1.70. The molecule has 0 aliphatic heterocycles. The first kappa shape index (κ1) is 15.5. The highest BCUT2D eigenvalue weighted by atomic mass is 79.9. The maximum Gasteiger partial charge on any atom is 0.336 e. The van der Waals surface area contributed by atoms with Gasteiger partial charge in [0.15, 0.2) is 5.82 Å². The topological polar surface area (TPSA) is 112 Å². The molecule has 0 atom stereocenters. The lowest BCUT2D eigenvalue weighted by molar-refractivity contribution is 0.0695. The van der Waals surface area contributed by atoms with Gasteiger partial charge in [-0.25, -0.2) is 13.2 Å². The van der Waals surface area contributed by atoms with Gasteiger partial charge in [0.1, 0.15) is 0 Å². The van der Waals surface area contributed by atoms with Crippen LogP contribution in [0.15, 0.2) is 27.6 Å². The Balaban J connectivity index is 2.47. The lowest BCUT2D eigenvalue weighted by atomic mass is 10.1. The lowest BCUT2D eigenvalue weighted by Gasteiger charge is -2.09. The first-order valence-electron chi connectivity index (χ1n) is 5.79. The second kappa shape index (κ2) is 5.49. The number of carboxylic acid groups (broad SMARTS) is 1. The van der Waals surface area contributed by atoms with Gasteiger partial charge in [0.05, 0.1) is 10.5 Å². The van der Waals surface area contributed by atoms with Crippen molar-refractivity contribution in [2.75, 3.05) is 4.72 Å². The largest absolute Gasteiger partial charge is 0.478 e. The molecular formula is C12H12BrN3O4S. The second-order valence-corrected chi connectivity index (χ2v) is 6.96. The van der Waals surface area contributed by atoms with Crippen molar-refractivity contribution in [3.05, 3.63) is 39.5 Å². The van der Waals surface area contributed by atoms with Crippen molar-refractivity contribution in [2.24, 2.45) is 0 Å². The number of hydrogen-bond donors (Lipinski definition) is 3. The third-order valence-electron chi connectivity index (χ3n) is 2.80. The zero-order valence-electron chi connectivity index (χ0n) is 11.1. The van der Waals surface area contributed by atoms with E-state index in [-0.39, 0.29) is 16.3 Å². The Kier molecular flexibility index (Phi) is 4.06. The Labute approximate surface area is 129 Å². The summed E-state index contributed by atoms with van der Waals surface area (Å²) in [5, 5.41) is 15.5. The number of carboxylic acids is 1. The van der Waals surface area contributed by atoms with Gasteiger partial charge < -0.3 is 5.11 Å². The Bertz CT molecular complexity index is 814. The monoisotopic (exact) mass is 373 g/mol. The third kappa shape index (κ3) is 3.24. The van der Waals surface area contributed by atoms with Crippen LogP contribution in [-0.2, 0) is 10.0 Å². The number of aromatic amines is 1. The number of rotatable bonds is 4. The minimum absolute atomic E-state index is 0.0806. The molecule has 0 aliphatic rings. The van der Waals surface area contributed by atoms with Crippen molar-refractivity contribution in [3.63, 3.8) is 0 Å². The molecule has 7 nitrogen and oxygen atoms in total. The van der Waals surface area contributed by atoms with E-state index in [1.165, 1.54) is 12.1 Å². The van der Waals surface area contributed by atoms with E-state index < -0.39 is 16.0 Å². The van der Waals surface area contributed by atoms with Crippen molar-refractivity contribution < 1.29 is 18.3 Å². The van der Waals surface area contributed by atoms with Crippen molar-refractivity contribution in [2.45, 2.75) is 18.7 Å². The first-order valence-corrected chi connectivity index (χ1v) is 8.06. The van der Waals surface area contributed by atoms with E-state index in [2.05, 4.69) is 30.8 Å². The molecule has 1 heterocycles. The van der Waals surface area contributed by atoms with Crippen molar-refractivity contribution in [3.8, 4) is 0 Å². The zero-order chi connectivity index (χ0) is 15.8. The molecule has 2 aromatic rings. The van der Waals surface area contributed by atoms with Crippen LogP contribution in [0, 0.1) is 13.8 Å². The molecule has 9 heteroatoms. The Morgan fingerprint density at radius 3 is 2.52 bits per heavy atom. The van der Waals surface area contributed by atoms with Crippen molar-refractivity contribution >= 4 is 37.7 Å². The van der Waals surface area contributed by atoms with E-state index in [9.17, 15) is 13.2 Å². The average Bonchev–Trinajstić information content (AvgIpc) is 2.76. The number of aromatic carboxylic acids is 1. The van der Waals surface area contributed by atoms with Gasteiger partial charge in [-0.3, -0.25) is 9.82 Å². The number of H-pyrrole nitrogens is 1. The molecule has 0 spiro atoms. The number of aromatic nitrogens is 2. The highest BCUT2D eigenvalue weighted by Gasteiger charge is 2.20. The molecule has 0 aliphatic carbocycles. The van der Waals surface area contributed by atoms with Gasteiger partial charge in [-0.1, -0.05) is 15.9 Å². The molecule has 0 unspecified atom stereocenters. The van der Waals surface area contributed by atoms with Crippen LogP contribution < -0.4 is 4.72 Å². The summed E-state index contributed by atoms with van der Waals surface area (Å²) in [6.45, 7) is 3.32. The summed E-state index contributed by atoms with van der Waals surface area (Å²) in [5.74, 6) is -1.05. The summed E-state index contributed by atoms with van der Waals surface area (Å²) in [5.41, 5.74) is 1.07. The van der Waals surface area contributed by atoms with Gasteiger partial charge in [0.2, 0.25) is 0 Å². The summed E-state index contributed by atoms with van der Waals surface area (Å²) in [4.78, 5) is 11.0. The standard InChI is InChI=1S/C12H12BrN3O4S/c1-6-3-11(15-14-6)16-21(19,20)8-4-9(12(17)18)7(2)10(13)5-8/h3-5H,1-2H3,(H,17,18)(H2,14,15,16). The number of halogens is 1. The fraction of sp³-hybridized carbons (Fsp3) is 0.167. The van der Waals surface area contributed by atoms with E-state index in [0.29, 0.717) is 15.7 Å². The molecule has 0 bridgehead atoms. The molecule has 0 amide bonds. The predicted octanol–water partition coefficient (Wildman–Crippen LogP) is 2.29. The van der Waals surface area contributed by atoms with Gasteiger partial charge in [-0.15, -0.1) is 0 Å². The van der Waals surface area contributed by atoms with E-state index in [1.807, 2.05) is 0 Å². The van der Waals surface area contributed by atoms with Crippen LogP contribution >= 0.6 is 15.9 Å². The van der Waals surface area contributed by atoms with Crippen LogP contribution in [0.1, 0.15) is 21.6 Å². The van der Waals surface area contributed by atoms with Gasteiger partial charge >= 0.3 is 5.97 Å². The lowest BCUT2D eigenvalue weighted by Crippen LogP contribution is -2.15. The van der Waals surface area contributed by atoms with Crippen molar-refractivity contribution in [1.29, 1.82) is 0 Å². The molecule has 0 fully saturated rings. The molecule has 1 aromatic carbocycles. The third-order valence-corrected chi connectivity index (χ3v) is 4.96. The number of carbonyl (C=O) groups is 1. The number of sulfonamides is 1. The first-order chi connectivity index (χ1) is 9.70. The molecule has 0 radical (unpaired) electrons. The number of hydrogen-bond acceptors (Lipinski definition) is 4. The maximum atomic E-state index is 12.3.